The van der Waals surface area contributed by atoms with Crippen LogP contribution >= 0.6 is 31.9 Å². The van der Waals surface area contributed by atoms with Crippen molar-refractivity contribution in [2.24, 2.45) is 5.92 Å². The summed E-state index contributed by atoms with van der Waals surface area (Å²) in [5.74, 6) is 1.87. The molecule has 1 atom stereocenters. The van der Waals surface area contributed by atoms with Gasteiger partial charge in [-0.25, -0.2) is 0 Å². The van der Waals surface area contributed by atoms with Gasteiger partial charge in [0.25, 0.3) is 0 Å². The Bertz CT molecular complexity index is 686. The van der Waals surface area contributed by atoms with Gasteiger partial charge in [-0.3, -0.25) is 0 Å². The normalized spacial score (nSPS) is 12.2. The van der Waals surface area contributed by atoms with E-state index in [1.54, 1.807) is 0 Å². The number of benzene rings is 2. The second-order valence-electron chi connectivity index (χ2n) is 6.53. The van der Waals surface area contributed by atoms with E-state index in [0.717, 1.165) is 26.7 Å². The Labute approximate surface area is 167 Å². The molecule has 0 fully saturated rings. The molecule has 0 saturated heterocycles. The van der Waals surface area contributed by atoms with E-state index in [0.29, 0.717) is 24.7 Å². The zero-order valence-electron chi connectivity index (χ0n) is 14.9. The Morgan fingerprint density at radius 2 is 1.72 bits per heavy atom. The molecule has 0 bridgehead atoms. The molecule has 0 heterocycles. The summed E-state index contributed by atoms with van der Waals surface area (Å²) >= 11 is 6.98. The lowest BCUT2D eigenvalue weighted by Crippen LogP contribution is -2.07. The van der Waals surface area contributed by atoms with Crippen LogP contribution in [0.5, 0.6) is 11.5 Å². The van der Waals surface area contributed by atoms with E-state index in [2.05, 4.69) is 57.8 Å². The fourth-order valence-corrected chi connectivity index (χ4v) is 3.86. The summed E-state index contributed by atoms with van der Waals surface area (Å²) in [6.45, 7) is 5.07. The van der Waals surface area contributed by atoms with Crippen LogP contribution in [0.4, 0.5) is 0 Å². The van der Waals surface area contributed by atoms with Gasteiger partial charge in [-0.15, -0.1) is 0 Å². The minimum Gasteiger partial charge on any atom is -0.506 e. The molecular formula is C21H26Br2O2. The lowest BCUT2D eigenvalue weighted by atomic mass is 9.95. The quantitative estimate of drug-likeness (QED) is 0.432. The third-order valence-electron chi connectivity index (χ3n) is 4.36. The number of ether oxygens (including phenoxy) is 1. The van der Waals surface area contributed by atoms with E-state index < -0.39 is 0 Å². The summed E-state index contributed by atoms with van der Waals surface area (Å²) in [6, 6.07) is 11.9. The highest BCUT2D eigenvalue weighted by Crippen LogP contribution is 2.32. The van der Waals surface area contributed by atoms with Crippen LogP contribution in [0.3, 0.4) is 0 Å². The van der Waals surface area contributed by atoms with Gasteiger partial charge in [0.15, 0.2) is 0 Å². The van der Waals surface area contributed by atoms with Crippen LogP contribution in [0.25, 0.3) is 0 Å². The second-order valence-corrected chi connectivity index (χ2v) is 8.23. The van der Waals surface area contributed by atoms with Crippen molar-refractivity contribution in [3.63, 3.8) is 0 Å². The van der Waals surface area contributed by atoms with Crippen molar-refractivity contribution >= 4 is 31.9 Å². The molecule has 2 rings (SSSR count). The van der Waals surface area contributed by atoms with E-state index >= 15 is 0 Å². The molecule has 0 aromatic heterocycles. The number of para-hydroxylation sites is 2. The standard InChI is InChI=1S/C21H26Br2O2/c1-3-4-7-15(2)14-17-9-6-11-19(23)21(17)25-13-12-16-8-5-10-18(22)20(16)24/h5-6,8-11,15,24H,3-4,7,12-14H2,1-2H3/t15-/m1/s1. The van der Waals surface area contributed by atoms with Crippen LogP contribution in [0, 0.1) is 5.92 Å². The SMILES string of the molecule is CCCC[C@@H](C)Cc1cccc(Br)c1OCCc1cccc(Br)c1O. The van der Waals surface area contributed by atoms with Crippen molar-refractivity contribution in [3.05, 3.63) is 56.5 Å². The predicted octanol–water partition coefficient (Wildman–Crippen LogP) is 6.91. The zero-order chi connectivity index (χ0) is 18.2. The van der Waals surface area contributed by atoms with Gasteiger partial charge in [0.05, 0.1) is 15.6 Å². The summed E-state index contributed by atoms with van der Waals surface area (Å²) in [6.07, 6.45) is 5.44. The van der Waals surface area contributed by atoms with Gasteiger partial charge in [0.2, 0.25) is 0 Å². The molecule has 25 heavy (non-hydrogen) atoms. The number of rotatable bonds is 9. The van der Waals surface area contributed by atoms with Crippen molar-refractivity contribution in [2.75, 3.05) is 6.61 Å². The predicted molar refractivity (Wildman–Crippen MR) is 112 cm³/mol. The first kappa shape index (κ1) is 20.3. The molecule has 0 unspecified atom stereocenters. The maximum atomic E-state index is 10.1. The maximum Gasteiger partial charge on any atom is 0.136 e. The van der Waals surface area contributed by atoms with Gasteiger partial charge in [-0.2, -0.15) is 0 Å². The van der Waals surface area contributed by atoms with E-state index in [1.165, 1.54) is 24.8 Å². The highest BCUT2D eigenvalue weighted by molar-refractivity contribution is 9.10. The molecular weight excluding hydrogens is 444 g/mol. The van der Waals surface area contributed by atoms with Gasteiger partial charge in [-0.1, -0.05) is 57.4 Å². The van der Waals surface area contributed by atoms with Crippen LogP contribution < -0.4 is 4.74 Å². The van der Waals surface area contributed by atoms with Crippen LogP contribution in [-0.4, -0.2) is 11.7 Å². The zero-order valence-corrected chi connectivity index (χ0v) is 18.1. The minimum atomic E-state index is 0.298. The van der Waals surface area contributed by atoms with Gasteiger partial charge in [0, 0.05) is 6.42 Å². The number of unbranched alkanes of at least 4 members (excludes halogenated alkanes) is 1. The Morgan fingerprint density at radius 3 is 2.44 bits per heavy atom. The molecule has 0 amide bonds. The highest BCUT2D eigenvalue weighted by Gasteiger charge is 2.12. The first-order valence-electron chi connectivity index (χ1n) is 8.89. The van der Waals surface area contributed by atoms with E-state index in [-0.39, 0.29) is 0 Å². The van der Waals surface area contributed by atoms with Crippen molar-refractivity contribution < 1.29 is 9.84 Å². The summed E-state index contributed by atoms with van der Waals surface area (Å²) in [4.78, 5) is 0. The molecule has 4 heteroatoms. The van der Waals surface area contributed by atoms with Crippen molar-refractivity contribution in [3.8, 4) is 11.5 Å². The van der Waals surface area contributed by atoms with Gasteiger partial charge >= 0.3 is 0 Å². The lowest BCUT2D eigenvalue weighted by molar-refractivity contribution is 0.312. The number of halogens is 2. The third-order valence-corrected chi connectivity index (χ3v) is 5.62. The number of phenols is 1. The Hall–Kier alpha value is -1.00. The van der Waals surface area contributed by atoms with Crippen LogP contribution in [0.15, 0.2) is 45.3 Å². The molecule has 0 saturated carbocycles. The fraction of sp³-hybridized carbons (Fsp3) is 0.429. The second kappa shape index (κ2) is 10.2. The van der Waals surface area contributed by atoms with Crippen molar-refractivity contribution in [1.82, 2.24) is 0 Å². The number of aromatic hydroxyl groups is 1. The first-order valence-corrected chi connectivity index (χ1v) is 10.5. The van der Waals surface area contributed by atoms with Crippen molar-refractivity contribution in [1.29, 1.82) is 0 Å². The maximum absolute atomic E-state index is 10.1. The van der Waals surface area contributed by atoms with Crippen LogP contribution in [0.2, 0.25) is 0 Å². The molecule has 136 valence electrons. The van der Waals surface area contributed by atoms with E-state index in [1.807, 2.05) is 24.3 Å². The topological polar surface area (TPSA) is 29.5 Å². The largest absolute Gasteiger partial charge is 0.506 e. The van der Waals surface area contributed by atoms with E-state index in [4.69, 9.17) is 4.74 Å². The summed E-state index contributed by atoms with van der Waals surface area (Å²) in [5, 5.41) is 10.1. The minimum absolute atomic E-state index is 0.298. The highest BCUT2D eigenvalue weighted by atomic mass is 79.9. The molecule has 0 radical (unpaired) electrons. The molecule has 0 aliphatic rings. The molecule has 2 nitrogen and oxygen atoms in total. The fourth-order valence-electron chi connectivity index (χ4n) is 2.93. The number of hydrogen-bond donors (Lipinski definition) is 1. The molecule has 2 aromatic carbocycles. The molecule has 0 aliphatic carbocycles. The smallest absolute Gasteiger partial charge is 0.136 e. The monoisotopic (exact) mass is 468 g/mol. The Kier molecular flexibility index (Phi) is 8.31. The summed E-state index contributed by atoms with van der Waals surface area (Å²) < 4.78 is 7.81. The molecule has 0 aliphatic heterocycles. The lowest BCUT2D eigenvalue weighted by Gasteiger charge is -2.17. The van der Waals surface area contributed by atoms with Gasteiger partial charge in [0.1, 0.15) is 11.5 Å². The third kappa shape index (κ3) is 6.03. The molecule has 0 spiro atoms. The molecule has 1 N–H and O–H groups in total. The van der Waals surface area contributed by atoms with E-state index in [9.17, 15) is 5.11 Å². The number of phenolic OH excluding ortho intramolecular Hbond substituents is 1. The average molecular weight is 470 g/mol. The van der Waals surface area contributed by atoms with Crippen molar-refractivity contribution in [2.45, 2.75) is 46.0 Å². The Morgan fingerprint density at radius 1 is 1.04 bits per heavy atom. The number of hydrogen-bond acceptors (Lipinski definition) is 2. The Balaban J connectivity index is 2.02. The summed E-state index contributed by atoms with van der Waals surface area (Å²) in [5.41, 5.74) is 2.13. The van der Waals surface area contributed by atoms with Crippen LogP contribution in [-0.2, 0) is 12.8 Å². The average Bonchev–Trinajstić information content (AvgIpc) is 2.59. The van der Waals surface area contributed by atoms with Crippen LogP contribution in [0.1, 0.15) is 44.2 Å². The van der Waals surface area contributed by atoms with Gasteiger partial charge in [-0.05, 0) is 67.5 Å². The molecule has 2 aromatic rings. The first-order chi connectivity index (χ1) is 12.0. The summed E-state index contributed by atoms with van der Waals surface area (Å²) in [7, 11) is 0. The van der Waals surface area contributed by atoms with Gasteiger partial charge < -0.3 is 9.84 Å².